The van der Waals surface area contributed by atoms with E-state index in [1.54, 1.807) is 6.07 Å². The molecule has 9 heteroatoms. The zero-order chi connectivity index (χ0) is 21.6. The SMILES string of the molecule is CC1CCN(c2ccc([N+](=O)[O-])cc2C(=O)O[C@@H](C)C(=O)N(C)CCC#N)CC1. The Morgan fingerprint density at radius 1 is 1.41 bits per heavy atom. The molecule has 0 N–H and O–H groups in total. The first-order chi connectivity index (χ1) is 13.7. The van der Waals surface area contributed by atoms with Gasteiger partial charge in [0.25, 0.3) is 11.6 Å². The van der Waals surface area contributed by atoms with E-state index in [9.17, 15) is 19.7 Å². The Balaban J connectivity index is 2.22. The van der Waals surface area contributed by atoms with E-state index in [-0.39, 0.29) is 24.2 Å². The number of likely N-dealkylation sites (N-methyl/N-ethyl adjacent to an activating group) is 1. The number of carbonyl (C=O) groups is 2. The Kier molecular flexibility index (Phi) is 7.53. The van der Waals surface area contributed by atoms with Gasteiger partial charge in [0.05, 0.1) is 28.7 Å². The number of rotatable bonds is 7. The third-order valence-electron chi connectivity index (χ3n) is 5.10. The summed E-state index contributed by atoms with van der Waals surface area (Å²) in [6.07, 6.45) is 1.03. The maximum absolute atomic E-state index is 12.8. The molecule has 1 saturated heterocycles. The summed E-state index contributed by atoms with van der Waals surface area (Å²) >= 11 is 0. The Bertz CT molecular complexity index is 812. The molecule has 0 bridgehead atoms. The second kappa shape index (κ2) is 9.87. The molecule has 1 aliphatic heterocycles. The number of nitro groups is 1. The lowest BCUT2D eigenvalue weighted by Crippen LogP contribution is -2.38. The molecule has 2 rings (SSSR count). The zero-order valence-corrected chi connectivity index (χ0v) is 17.0. The first-order valence-electron chi connectivity index (χ1n) is 9.61. The van der Waals surface area contributed by atoms with Crippen LogP contribution in [-0.2, 0) is 9.53 Å². The molecule has 1 atom stereocenters. The van der Waals surface area contributed by atoms with E-state index in [4.69, 9.17) is 10.00 Å². The fourth-order valence-electron chi connectivity index (χ4n) is 3.24. The highest BCUT2D eigenvalue weighted by Gasteiger charge is 2.27. The smallest absolute Gasteiger partial charge is 0.341 e. The standard InChI is InChI=1S/C20H26N4O5/c1-14-7-11-23(12-8-14)18-6-5-16(24(27)28)13-17(18)20(26)29-15(2)19(25)22(3)10-4-9-21/h5-6,13-15H,4,7-8,10-12H2,1-3H3/t15-/m0/s1. The van der Waals surface area contributed by atoms with Crippen LogP contribution in [0.15, 0.2) is 18.2 Å². The van der Waals surface area contributed by atoms with Crippen LogP contribution in [0.25, 0.3) is 0 Å². The van der Waals surface area contributed by atoms with Gasteiger partial charge in [-0.1, -0.05) is 6.92 Å². The predicted molar refractivity (Wildman–Crippen MR) is 106 cm³/mol. The van der Waals surface area contributed by atoms with Gasteiger partial charge in [-0.25, -0.2) is 4.79 Å². The Morgan fingerprint density at radius 2 is 2.07 bits per heavy atom. The fraction of sp³-hybridized carbons (Fsp3) is 0.550. The van der Waals surface area contributed by atoms with E-state index in [0.717, 1.165) is 25.9 Å². The van der Waals surface area contributed by atoms with E-state index in [0.29, 0.717) is 11.6 Å². The van der Waals surface area contributed by atoms with Crippen LogP contribution in [0.1, 0.15) is 43.5 Å². The molecule has 0 unspecified atom stereocenters. The van der Waals surface area contributed by atoms with Crippen molar-refractivity contribution < 1.29 is 19.2 Å². The first-order valence-corrected chi connectivity index (χ1v) is 9.61. The normalized spacial score (nSPS) is 15.3. The summed E-state index contributed by atoms with van der Waals surface area (Å²) in [4.78, 5) is 39.1. The van der Waals surface area contributed by atoms with Crippen LogP contribution >= 0.6 is 0 Å². The molecule has 0 saturated carbocycles. The van der Waals surface area contributed by atoms with Crippen molar-refractivity contribution in [1.29, 1.82) is 5.26 Å². The topological polar surface area (TPSA) is 117 Å². The maximum atomic E-state index is 12.8. The molecule has 9 nitrogen and oxygen atoms in total. The molecule has 156 valence electrons. The van der Waals surface area contributed by atoms with Crippen molar-refractivity contribution in [1.82, 2.24) is 4.90 Å². The zero-order valence-electron chi connectivity index (χ0n) is 17.0. The number of nitrogens with zero attached hydrogens (tertiary/aromatic N) is 4. The lowest BCUT2D eigenvalue weighted by Gasteiger charge is -2.33. The van der Waals surface area contributed by atoms with Gasteiger partial charge in [-0.15, -0.1) is 0 Å². The summed E-state index contributed by atoms with van der Waals surface area (Å²) in [6, 6.07) is 6.09. The summed E-state index contributed by atoms with van der Waals surface area (Å²) < 4.78 is 5.32. The minimum absolute atomic E-state index is 0.0769. The quantitative estimate of drug-likeness (QED) is 0.391. The van der Waals surface area contributed by atoms with Crippen LogP contribution in [0.5, 0.6) is 0 Å². The molecular formula is C20H26N4O5. The monoisotopic (exact) mass is 402 g/mol. The van der Waals surface area contributed by atoms with Gasteiger partial charge in [0, 0.05) is 38.8 Å². The summed E-state index contributed by atoms with van der Waals surface area (Å²) in [5, 5.41) is 19.8. The van der Waals surface area contributed by atoms with Gasteiger partial charge in [-0.05, 0) is 31.7 Å². The Morgan fingerprint density at radius 3 is 2.66 bits per heavy atom. The van der Waals surface area contributed by atoms with Gasteiger partial charge >= 0.3 is 5.97 Å². The Hall–Kier alpha value is -3.15. The fourth-order valence-corrected chi connectivity index (χ4v) is 3.24. The molecule has 0 aromatic heterocycles. The number of carbonyl (C=O) groups excluding carboxylic acids is 2. The highest BCUT2D eigenvalue weighted by Crippen LogP contribution is 2.30. The third-order valence-corrected chi connectivity index (χ3v) is 5.10. The Labute approximate surface area is 170 Å². The molecule has 1 heterocycles. The molecule has 0 radical (unpaired) electrons. The number of amides is 1. The van der Waals surface area contributed by atoms with Crippen molar-refractivity contribution in [2.24, 2.45) is 5.92 Å². The van der Waals surface area contributed by atoms with Gasteiger partial charge in [0.1, 0.15) is 0 Å². The number of nitriles is 1. The second-order valence-electron chi connectivity index (χ2n) is 7.34. The van der Waals surface area contributed by atoms with Crippen molar-refractivity contribution >= 4 is 23.3 Å². The molecule has 0 spiro atoms. The van der Waals surface area contributed by atoms with Crippen LogP contribution < -0.4 is 4.90 Å². The number of hydrogen-bond acceptors (Lipinski definition) is 7. The summed E-state index contributed by atoms with van der Waals surface area (Å²) in [5.41, 5.74) is 0.439. The lowest BCUT2D eigenvalue weighted by molar-refractivity contribution is -0.384. The van der Waals surface area contributed by atoms with Crippen LogP contribution in [0, 0.1) is 27.4 Å². The van der Waals surface area contributed by atoms with E-state index < -0.39 is 22.9 Å². The predicted octanol–water partition coefficient (Wildman–Crippen LogP) is 2.75. The molecule has 1 fully saturated rings. The number of hydrogen-bond donors (Lipinski definition) is 0. The number of anilines is 1. The van der Waals surface area contributed by atoms with E-state index in [2.05, 4.69) is 6.92 Å². The highest BCUT2D eigenvalue weighted by atomic mass is 16.6. The highest BCUT2D eigenvalue weighted by molar-refractivity contribution is 5.98. The van der Waals surface area contributed by atoms with Crippen LogP contribution in [0.2, 0.25) is 0 Å². The number of esters is 1. The summed E-state index contributed by atoms with van der Waals surface area (Å²) in [7, 11) is 1.53. The summed E-state index contributed by atoms with van der Waals surface area (Å²) in [6.45, 7) is 5.32. The molecule has 1 aliphatic rings. The minimum Gasteiger partial charge on any atom is -0.449 e. The van der Waals surface area contributed by atoms with Crippen LogP contribution in [-0.4, -0.2) is 54.5 Å². The van der Waals surface area contributed by atoms with E-state index in [1.807, 2.05) is 11.0 Å². The van der Waals surface area contributed by atoms with Crippen molar-refractivity contribution in [3.63, 3.8) is 0 Å². The molecule has 1 aromatic carbocycles. The van der Waals surface area contributed by atoms with Gasteiger partial charge < -0.3 is 14.5 Å². The van der Waals surface area contributed by atoms with E-state index >= 15 is 0 Å². The largest absolute Gasteiger partial charge is 0.449 e. The molecule has 1 amide bonds. The summed E-state index contributed by atoms with van der Waals surface area (Å²) in [5.74, 6) is -0.634. The number of non-ortho nitro benzene ring substituents is 1. The maximum Gasteiger partial charge on any atom is 0.341 e. The molecule has 29 heavy (non-hydrogen) atoms. The van der Waals surface area contributed by atoms with Crippen molar-refractivity contribution in [3.05, 3.63) is 33.9 Å². The van der Waals surface area contributed by atoms with Crippen molar-refractivity contribution in [2.45, 2.75) is 39.2 Å². The number of benzene rings is 1. The number of nitro benzene ring substituents is 1. The van der Waals surface area contributed by atoms with Crippen LogP contribution in [0.3, 0.4) is 0 Å². The molecular weight excluding hydrogens is 376 g/mol. The third kappa shape index (κ3) is 5.67. The van der Waals surface area contributed by atoms with Gasteiger partial charge in [-0.3, -0.25) is 14.9 Å². The van der Waals surface area contributed by atoms with Gasteiger partial charge in [0.2, 0.25) is 0 Å². The van der Waals surface area contributed by atoms with Gasteiger partial charge in [0.15, 0.2) is 6.10 Å². The van der Waals surface area contributed by atoms with Crippen molar-refractivity contribution in [3.8, 4) is 6.07 Å². The lowest BCUT2D eigenvalue weighted by atomic mass is 9.98. The number of piperidine rings is 1. The molecule has 1 aromatic rings. The average Bonchev–Trinajstić information content (AvgIpc) is 2.71. The first kappa shape index (κ1) is 22.1. The average molecular weight is 402 g/mol. The van der Waals surface area contributed by atoms with Crippen LogP contribution in [0.4, 0.5) is 11.4 Å². The molecule has 0 aliphatic carbocycles. The van der Waals surface area contributed by atoms with Crippen molar-refractivity contribution in [2.75, 3.05) is 31.6 Å². The van der Waals surface area contributed by atoms with E-state index in [1.165, 1.54) is 31.0 Å². The minimum atomic E-state index is -1.07. The van der Waals surface area contributed by atoms with Gasteiger partial charge in [-0.2, -0.15) is 5.26 Å². The number of ether oxygens (including phenoxy) is 1. The second-order valence-corrected chi connectivity index (χ2v) is 7.34.